The minimum Gasteiger partial charge on any atom is -0.506 e. The van der Waals surface area contributed by atoms with Crippen LogP contribution in [0.25, 0.3) is 0 Å². The van der Waals surface area contributed by atoms with Gasteiger partial charge in [0.1, 0.15) is 11.5 Å². The SMILES string of the molecule is CC(=O)[C@@H](N)Cc1ccc(O)c(N)c1. The highest BCUT2D eigenvalue weighted by molar-refractivity contribution is 5.81. The number of benzene rings is 1. The molecule has 0 fully saturated rings. The number of anilines is 1. The van der Waals surface area contributed by atoms with Gasteiger partial charge < -0.3 is 16.6 Å². The van der Waals surface area contributed by atoms with Gasteiger partial charge in [-0.05, 0) is 31.0 Å². The van der Waals surface area contributed by atoms with E-state index in [-0.39, 0.29) is 11.5 Å². The lowest BCUT2D eigenvalue weighted by Gasteiger charge is -2.08. The molecule has 0 aliphatic heterocycles. The molecular weight excluding hydrogens is 180 g/mol. The zero-order chi connectivity index (χ0) is 10.7. The van der Waals surface area contributed by atoms with Crippen LogP contribution in [-0.4, -0.2) is 16.9 Å². The number of phenolic OH excluding ortho intramolecular Hbond substituents is 1. The van der Waals surface area contributed by atoms with Crippen molar-refractivity contribution in [3.05, 3.63) is 23.8 Å². The van der Waals surface area contributed by atoms with Crippen LogP contribution >= 0.6 is 0 Å². The molecule has 0 heterocycles. The van der Waals surface area contributed by atoms with Crippen LogP contribution in [0.2, 0.25) is 0 Å². The molecule has 1 aromatic carbocycles. The lowest BCUT2D eigenvalue weighted by atomic mass is 10.0. The Labute approximate surface area is 82.5 Å². The van der Waals surface area contributed by atoms with Crippen molar-refractivity contribution in [2.24, 2.45) is 5.73 Å². The van der Waals surface area contributed by atoms with E-state index in [0.29, 0.717) is 12.1 Å². The molecule has 14 heavy (non-hydrogen) atoms. The Balaban J connectivity index is 2.78. The standard InChI is InChI=1S/C10H14N2O2/c1-6(13)8(11)4-7-2-3-10(14)9(12)5-7/h2-3,5,8,14H,4,11-12H2,1H3/t8-/m0/s1. The van der Waals surface area contributed by atoms with Crippen LogP contribution in [0.15, 0.2) is 18.2 Å². The van der Waals surface area contributed by atoms with E-state index in [4.69, 9.17) is 16.6 Å². The van der Waals surface area contributed by atoms with E-state index < -0.39 is 6.04 Å². The van der Waals surface area contributed by atoms with E-state index in [1.807, 2.05) is 0 Å². The number of nitrogen functional groups attached to an aromatic ring is 1. The summed E-state index contributed by atoms with van der Waals surface area (Å²) < 4.78 is 0. The number of ketones is 1. The van der Waals surface area contributed by atoms with E-state index in [2.05, 4.69) is 0 Å². The van der Waals surface area contributed by atoms with E-state index >= 15 is 0 Å². The van der Waals surface area contributed by atoms with Crippen molar-refractivity contribution >= 4 is 11.5 Å². The van der Waals surface area contributed by atoms with Crippen LogP contribution in [-0.2, 0) is 11.2 Å². The molecule has 4 nitrogen and oxygen atoms in total. The minimum atomic E-state index is -0.501. The molecule has 0 aliphatic rings. The molecule has 0 spiro atoms. The van der Waals surface area contributed by atoms with Crippen molar-refractivity contribution in [3.8, 4) is 5.75 Å². The Hall–Kier alpha value is -1.55. The van der Waals surface area contributed by atoms with Gasteiger partial charge in [0.05, 0.1) is 11.7 Å². The molecule has 0 amide bonds. The molecule has 0 aromatic heterocycles. The van der Waals surface area contributed by atoms with Gasteiger partial charge >= 0.3 is 0 Å². The van der Waals surface area contributed by atoms with Crippen LogP contribution in [0, 0.1) is 0 Å². The maximum atomic E-state index is 10.9. The molecule has 0 bridgehead atoms. The zero-order valence-corrected chi connectivity index (χ0v) is 8.03. The van der Waals surface area contributed by atoms with Gasteiger partial charge in [0.25, 0.3) is 0 Å². The first kappa shape index (κ1) is 10.5. The van der Waals surface area contributed by atoms with E-state index in [1.165, 1.54) is 13.0 Å². The Bertz CT molecular complexity index is 350. The summed E-state index contributed by atoms with van der Waals surface area (Å²) in [5.41, 5.74) is 12.2. The van der Waals surface area contributed by atoms with Gasteiger partial charge in [0, 0.05) is 0 Å². The van der Waals surface area contributed by atoms with Crippen molar-refractivity contribution in [3.63, 3.8) is 0 Å². The average Bonchev–Trinajstić information content (AvgIpc) is 2.11. The molecule has 1 atom stereocenters. The third-order valence-electron chi connectivity index (χ3n) is 2.07. The Kier molecular flexibility index (Phi) is 3.09. The maximum Gasteiger partial charge on any atom is 0.146 e. The topological polar surface area (TPSA) is 89.3 Å². The molecule has 76 valence electrons. The molecule has 1 aromatic rings. The van der Waals surface area contributed by atoms with Crippen LogP contribution < -0.4 is 11.5 Å². The normalized spacial score (nSPS) is 12.4. The average molecular weight is 194 g/mol. The van der Waals surface area contributed by atoms with Crippen LogP contribution in [0.5, 0.6) is 5.75 Å². The quantitative estimate of drug-likeness (QED) is 0.481. The van der Waals surface area contributed by atoms with Gasteiger partial charge in [-0.15, -0.1) is 0 Å². The van der Waals surface area contributed by atoms with E-state index in [1.54, 1.807) is 12.1 Å². The fourth-order valence-electron chi connectivity index (χ4n) is 1.13. The summed E-state index contributed by atoms with van der Waals surface area (Å²) in [6, 6.07) is 4.32. The Morgan fingerprint density at radius 3 is 2.71 bits per heavy atom. The smallest absolute Gasteiger partial charge is 0.146 e. The fourth-order valence-corrected chi connectivity index (χ4v) is 1.13. The molecule has 0 unspecified atom stereocenters. The number of hydrogen-bond acceptors (Lipinski definition) is 4. The molecule has 0 saturated heterocycles. The molecule has 5 N–H and O–H groups in total. The first-order valence-corrected chi connectivity index (χ1v) is 4.34. The zero-order valence-electron chi connectivity index (χ0n) is 8.03. The Morgan fingerprint density at radius 2 is 2.21 bits per heavy atom. The van der Waals surface area contributed by atoms with Crippen molar-refractivity contribution < 1.29 is 9.90 Å². The summed E-state index contributed by atoms with van der Waals surface area (Å²) >= 11 is 0. The lowest BCUT2D eigenvalue weighted by molar-refractivity contribution is -0.118. The van der Waals surface area contributed by atoms with Crippen LogP contribution in [0.3, 0.4) is 0 Å². The summed E-state index contributed by atoms with van der Waals surface area (Å²) in [4.78, 5) is 10.9. The largest absolute Gasteiger partial charge is 0.506 e. The Morgan fingerprint density at radius 1 is 1.57 bits per heavy atom. The summed E-state index contributed by atoms with van der Waals surface area (Å²) in [5, 5.41) is 9.16. The lowest BCUT2D eigenvalue weighted by Crippen LogP contribution is -2.30. The maximum absolute atomic E-state index is 10.9. The number of rotatable bonds is 3. The highest BCUT2D eigenvalue weighted by Gasteiger charge is 2.09. The predicted molar refractivity (Wildman–Crippen MR) is 54.9 cm³/mol. The van der Waals surface area contributed by atoms with Gasteiger partial charge in [-0.25, -0.2) is 0 Å². The number of Topliss-reactive ketones (excluding diaryl/α,β-unsaturated/α-hetero) is 1. The van der Waals surface area contributed by atoms with Gasteiger partial charge in [-0.3, -0.25) is 4.79 Å². The first-order chi connectivity index (χ1) is 6.50. The summed E-state index contributed by atoms with van der Waals surface area (Å²) in [7, 11) is 0. The molecular formula is C10H14N2O2. The molecule has 0 saturated carbocycles. The number of phenols is 1. The molecule has 0 aliphatic carbocycles. The van der Waals surface area contributed by atoms with Crippen molar-refractivity contribution in [1.29, 1.82) is 0 Å². The third-order valence-corrected chi connectivity index (χ3v) is 2.07. The van der Waals surface area contributed by atoms with Crippen molar-refractivity contribution in [2.45, 2.75) is 19.4 Å². The molecule has 4 heteroatoms. The van der Waals surface area contributed by atoms with Crippen molar-refractivity contribution in [1.82, 2.24) is 0 Å². The highest BCUT2D eigenvalue weighted by atomic mass is 16.3. The van der Waals surface area contributed by atoms with E-state index in [0.717, 1.165) is 5.56 Å². The van der Waals surface area contributed by atoms with Crippen LogP contribution in [0.1, 0.15) is 12.5 Å². The van der Waals surface area contributed by atoms with Crippen molar-refractivity contribution in [2.75, 3.05) is 5.73 Å². The summed E-state index contributed by atoms with van der Waals surface area (Å²) in [6.45, 7) is 1.45. The van der Waals surface area contributed by atoms with Gasteiger partial charge in [-0.1, -0.05) is 6.07 Å². The summed E-state index contributed by atoms with van der Waals surface area (Å²) in [6.07, 6.45) is 0.444. The van der Waals surface area contributed by atoms with Gasteiger partial charge in [-0.2, -0.15) is 0 Å². The minimum absolute atomic E-state index is 0.0464. The summed E-state index contributed by atoms with van der Waals surface area (Å²) in [5.74, 6) is -0.0122. The second-order valence-electron chi connectivity index (χ2n) is 3.31. The molecule has 1 rings (SSSR count). The number of hydrogen-bond donors (Lipinski definition) is 3. The predicted octanol–water partition coefficient (Wildman–Crippen LogP) is 0.433. The number of carbonyl (C=O) groups excluding carboxylic acids is 1. The first-order valence-electron chi connectivity index (χ1n) is 4.34. The second-order valence-corrected chi connectivity index (χ2v) is 3.31. The number of carbonyl (C=O) groups is 1. The molecule has 0 radical (unpaired) electrons. The van der Waals surface area contributed by atoms with Gasteiger partial charge in [0.2, 0.25) is 0 Å². The third kappa shape index (κ3) is 2.47. The fraction of sp³-hybridized carbons (Fsp3) is 0.300. The second kappa shape index (κ2) is 4.11. The highest BCUT2D eigenvalue weighted by Crippen LogP contribution is 2.20. The van der Waals surface area contributed by atoms with Crippen LogP contribution in [0.4, 0.5) is 5.69 Å². The van der Waals surface area contributed by atoms with E-state index in [9.17, 15) is 4.79 Å². The monoisotopic (exact) mass is 194 g/mol. The number of nitrogens with two attached hydrogens (primary N) is 2. The van der Waals surface area contributed by atoms with Gasteiger partial charge in [0.15, 0.2) is 0 Å². The number of aromatic hydroxyl groups is 1.